The van der Waals surface area contributed by atoms with Crippen LogP contribution in [0.15, 0.2) is 23.8 Å². The number of methoxy groups -OCH3 is 1. The zero-order valence-electron chi connectivity index (χ0n) is 10.8. The first-order valence-corrected chi connectivity index (χ1v) is 5.92. The fraction of sp³-hybridized carbons (Fsp3) is 0.357. The number of amides is 1. The molecule has 0 spiro atoms. The Hall–Kier alpha value is -1.97. The molecule has 1 heterocycles. The highest BCUT2D eigenvalue weighted by molar-refractivity contribution is 5.99. The second-order valence-corrected chi connectivity index (χ2v) is 4.49. The van der Waals surface area contributed by atoms with Gasteiger partial charge in [0, 0.05) is 11.6 Å². The van der Waals surface area contributed by atoms with E-state index >= 15 is 0 Å². The number of benzene rings is 1. The van der Waals surface area contributed by atoms with Gasteiger partial charge in [-0.1, -0.05) is 0 Å². The third-order valence-corrected chi connectivity index (χ3v) is 2.64. The molecule has 0 saturated heterocycles. The van der Waals surface area contributed by atoms with E-state index < -0.39 is 0 Å². The zero-order valence-corrected chi connectivity index (χ0v) is 10.8. The van der Waals surface area contributed by atoms with Crippen LogP contribution in [0.25, 0.3) is 6.08 Å². The topological polar surface area (TPSA) is 47.6 Å². The Morgan fingerprint density at radius 1 is 1.44 bits per heavy atom. The highest BCUT2D eigenvalue weighted by atomic mass is 16.5. The predicted octanol–water partition coefficient (Wildman–Crippen LogP) is 2.00. The van der Waals surface area contributed by atoms with E-state index in [0.29, 0.717) is 12.2 Å². The second-order valence-electron chi connectivity index (χ2n) is 4.49. The lowest BCUT2D eigenvalue weighted by atomic mass is 10.1. The molecular formula is C14H17NO3. The summed E-state index contributed by atoms with van der Waals surface area (Å²) in [5, 5.41) is 2.85. The van der Waals surface area contributed by atoms with Crippen molar-refractivity contribution in [2.75, 3.05) is 13.7 Å². The summed E-state index contributed by atoms with van der Waals surface area (Å²) in [4.78, 5) is 11.9. The van der Waals surface area contributed by atoms with Gasteiger partial charge in [-0.05, 0) is 38.1 Å². The largest absolute Gasteiger partial charge is 0.497 e. The Kier molecular flexibility index (Phi) is 3.55. The number of carbonyl (C=O) groups excluding carboxylic acids is 1. The molecule has 0 fully saturated rings. The number of hydrogen-bond acceptors (Lipinski definition) is 3. The van der Waals surface area contributed by atoms with Crippen LogP contribution in [0.5, 0.6) is 11.5 Å². The molecule has 4 nitrogen and oxygen atoms in total. The van der Waals surface area contributed by atoms with Crippen molar-refractivity contribution in [2.45, 2.75) is 19.9 Å². The molecule has 0 saturated carbocycles. The van der Waals surface area contributed by atoms with Crippen LogP contribution in [0.1, 0.15) is 19.4 Å². The van der Waals surface area contributed by atoms with Crippen LogP contribution < -0.4 is 14.8 Å². The number of carbonyl (C=O) groups is 1. The molecule has 0 radical (unpaired) electrons. The van der Waals surface area contributed by atoms with Crippen LogP contribution in [0.4, 0.5) is 0 Å². The monoisotopic (exact) mass is 247 g/mol. The molecule has 0 unspecified atom stereocenters. The minimum atomic E-state index is -0.0848. The summed E-state index contributed by atoms with van der Waals surface area (Å²) < 4.78 is 10.7. The normalized spacial score (nSPS) is 13.4. The van der Waals surface area contributed by atoms with Gasteiger partial charge in [0.15, 0.2) is 0 Å². The van der Waals surface area contributed by atoms with E-state index in [2.05, 4.69) is 5.32 Å². The van der Waals surface area contributed by atoms with Crippen molar-refractivity contribution in [1.29, 1.82) is 0 Å². The van der Waals surface area contributed by atoms with Crippen LogP contribution in [0.2, 0.25) is 0 Å². The quantitative estimate of drug-likeness (QED) is 0.888. The van der Waals surface area contributed by atoms with E-state index in [0.717, 1.165) is 17.1 Å². The first-order valence-electron chi connectivity index (χ1n) is 5.92. The van der Waals surface area contributed by atoms with E-state index in [4.69, 9.17) is 9.47 Å². The molecule has 1 aromatic carbocycles. The molecule has 1 N–H and O–H groups in total. The lowest BCUT2D eigenvalue weighted by molar-refractivity contribution is -0.118. The standard InChI is InChI=1S/C14H17NO3/c1-9(2)15-14(16)11-6-10-7-12(17-3)4-5-13(10)18-8-11/h4-7,9H,8H2,1-3H3,(H,15,16). The number of nitrogens with one attached hydrogen (secondary N) is 1. The van der Waals surface area contributed by atoms with Crippen molar-refractivity contribution in [3.63, 3.8) is 0 Å². The predicted molar refractivity (Wildman–Crippen MR) is 69.7 cm³/mol. The molecule has 0 bridgehead atoms. The molecule has 4 heteroatoms. The molecule has 2 rings (SSSR count). The molecule has 0 aromatic heterocycles. The minimum Gasteiger partial charge on any atom is -0.497 e. The lowest BCUT2D eigenvalue weighted by Crippen LogP contribution is -2.33. The van der Waals surface area contributed by atoms with E-state index in [1.165, 1.54) is 0 Å². The third kappa shape index (κ3) is 2.64. The first-order chi connectivity index (χ1) is 8.60. The SMILES string of the molecule is COc1ccc2c(c1)C=C(C(=O)NC(C)C)CO2. The number of hydrogen-bond donors (Lipinski definition) is 1. The van der Waals surface area contributed by atoms with Gasteiger partial charge in [-0.25, -0.2) is 0 Å². The summed E-state index contributed by atoms with van der Waals surface area (Å²) in [6.07, 6.45) is 1.85. The summed E-state index contributed by atoms with van der Waals surface area (Å²) in [6.45, 7) is 4.16. The Morgan fingerprint density at radius 2 is 2.22 bits per heavy atom. The second kappa shape index (κ2) is 5.12. The van der Waals surface area contributed by atoms with Crippen molar-refractivity contribution in [3.8, 4) is 11.5 Å². The van der Waals surface area contributed by atoms with Gasteiger partial charge in [-0.15, -0.1) is 0 Å². The number of ether oxygens (including phenoxy) is 2. The molecule has 1 aromatic rings. The summed E-state index contributed by atoms with van der Waals surface area (Å²) in [5.41, 5.74) is 1.50. The Labute approximate surface area is 107 Å². The van der Waals surface area contributed by atoms with Crippen LogP contribution in [-0.4, -0.2) is 25.7 Å². The van der Waals surface area contributed by atoms with Crippen molar-refractivity contribution < 1.29 is 14.3 Å². The summed E-state index contributed by atoms with van der Waals surface area (Å²) in [7, 11) is 1.61. The lowest BCUT2D eigenvalue weighted by Gasteiger charge is -2.19. The van der Waals surface area contributed by atoms with Gasteiger partial charge in [0.05, 0.1) is 12.7 Å². The van der Waals surface area contributed by atoms with Crippen LogP contribution in [0.3, 0.4) is 0 Å². The Balaban J connectivity index is 2.25. The van der Waals surface area contributed by atoms with Gasteiger partial charge in [0.25, 0.3) is 5.91 Å². The Bertz CT molecular complexity index is 492. The average molecular weight is 247 g/mol. The minimum absolute atomic E-state index is 0.0848. The summed E-state index contributed by atoms with van der Waals surface area (Å²) >= 11 is 0. The van der Waals surface area contributed by atoms with E-state index in [-0.39, 0.29) is 11.9 Å². The summed E-state index contributed by atoms with van der Waals surface area (Å²) in [5.74, 6) is 1.44. The molecule has 1 amide bonds. The molecule has 96 valence electrons. The maximum Gasteiger partial charge on any atom is 0.250 e. The smallest absolute Gasteiger partial charge is 0.250 e. The maximum absolute atomic E-state index is 11.9. The maximum atomic E-state index is 11.9. The van der Waals surface area contributed by atoms with Gasteiger partial charge in [-0.2, -0.15) is 0 Å². The first kappa shape index (κ1) is 12.5. The molecule has 0 atom stereocenters. The van der Waals surface area contributed by atoms with Gasteiger partial charge < -0.3 is 14.8 Å². The van der Waals surface area contributed by atoms with E-state index in [9.17, 15) is 4.79 Å². The molecule has 18 heavy (non-hydrogen) atoms. The fourth-order valence-electron chi connectivity index (χ4n) is 1.77. The van der Waals surface area contributed by atoms with Gasteiger partial charge in [0.2, 0.25) is 0 Å². The van der Waals surface area contributed by atoms with Crippen molar-refractivity contribution in [2.24, 2.45) is 0 Å². The average Bonchev–Trinajstić information content (AvgIpc) is 2.36. The van der Waals surface area contributed by atoms with Crippen LogP contribution in [-0.2, 0) is 4.79 Å². The van der Waals surface area contributed by atoms with Crippen LogP contribution >= 0.6 is 0 Å². The van der Waals surface area contributed by atoms with Crippen molar-refractivity contribution in [3.05, 3.63) is 29.3 Å². The molecule has 1 aliphatic heterocycles. The molecular weight excluding hydrogens is 230 g/mol. The zero-order chi connectivity index (χ0) is 13.1. The summed E-state index contributed by atoms with van der Waals surface area (Å²) in [6, 6.07) is 5.66. The van der Waals surface area contributed by atoms with Crippen molar-refractivity contribution in [1.82, 2.24) is 5.32 Å². The molecule has 0 aliphatic carbocycles. The fourth-order valence-corrected chi connectivity index (χ4v) is 1.77. The van der Waals surface area contributed by atoms with Gasteiger partial charge >= 0.3 is 0 Å². The highest BCUT2D eigenvalue weighted by Crippen LogP contribution is 2.29. The number of fused-ring (bicyclic) bond motifs is 1. The highest BCUT2D eigenvalue weighted by Gasteiger charge is 2.18. The van der Waals surface area contributed by atoms with Gasteiger partial charge in [0.1, 0.15) is 18.1 Å². The van der Waals surface area contributed by atoms with Gasteiger partial charge in [-0.3, -0.25) is 4.79 Å². The number of rotatable bonds is 3. The molecule has 1 aliphatic rings. The van der Waals surface area contributed by atoms with Crippen LogP contribution in [0, 0.1) is 0 Å². The van der Waals surface area contributed by atoms with E-state index in [1.807, 2.05) is 38.1 Å². The van der Waals surface area contributed by atoms with Crippen molar-refractivity contribution >= 4 is 12.0 Å². The Morgan fingerprint density at radius 3 is 2.89 bits per heavy atom. The third-order valence-electron chi connectivity index (χ3n) is 2.64. The van der Waals surface area contributed by atoms with E-state index in [1.54, 1.807) is 7.11 Å².